The van der Waals surface area contributed by atoms with Gasteiger partial charge in [-0.3, -0.25) is 0 Å². The van der Waals surface area contributed by atoms with Crippen LogP contribution in [0.25, 0.3) is 0 Å². The molecule has 0 heterocycles. The van der Waals surface area contributed by atoms with Gasteiger partial charge in [-0.2, -0.15) is 0 Å². The van der Waals surface area contributed by atoms with E-state index < -0.39 is 8.07 Å². The highest BCUT2D eigenvalue weighted by Gasteiger charge is 2.08. The van der Waals surface area contributed by atoms with E-state index in [9.17, 15) is 4.79 Å². The van der Waals surface area contributed by atoms with Crippen LogP contribution in [0.15, 0.2) is 12.2 Å². The molecule has 0 atom stereocenters. The molecule has 0 spiro atoms. The maximum absolute atomic E-state index is 9.59. The zero-order valence-electron chi connectivity index (χ0n) is 7.39. The first-order valence-electron chi connectivity index (χ1n) is 3.70. The lowest BCUT2D eigenvalue weighted by Crippen LogP contribution is -2.17. The topological polar surface area (TPSA) is 26.3 Å². The molecule has 0 bridgehead atoms. The van der Waals surface area contributed by atoms with E-state index in [0.717, 1.165) is 6.04 Å². The van der Waals surface area contributed by atoms with Crippen LogP contribution in [0.3, 0.4) is 0 Å². The smallest absolute Gasteiger partial charge is 0.417 e. The summed E-state index contributed by atoms with van der Waals surface area (Å²) in [5.41, 5.74) is 0. The predicted octanol–water partition coefficient (Wildman–Crippen LogP) is 1.96. The van der Waals surface area contributed by atoms with Crippen molar-refractivity contribution < 1.29 is 9.53 Å². The molecule has 0 aromatic carbocycles. The highest BCUT2D eigenvalue weighted by atomic mass is 28.3. The molecule has 0 aromatic rings. The summed E-state index contributed by atoms with van der Waals surface area (Å²) in [6.07, 6.45) is 3.94. The fourth-order valence-corrected chi connectivity index (χ4v) is 1.46. The molecular formula is C8H15O2Si. The van der Waals surface area contributed by atoms with E-state index in [4.69, 9.17) is 0 Å². The van der Waals surface area contributed by atoms with E-state index in [0.29, 0.717) is 6.61 Å². The molecule has 0 saturated carbocycles. The summed E-state index contributed by atoms with van der Waals surface area (Å²) in [4.78, 5) is 9.59. The average molecular weight is 171 g/mol. The lowest BCUT2D eigenvalue weighted by atomic mass is 10.5. The Morgan fingerprint density at radius 3 is 2.45 bits per heavy atom. The van der Waals surface area contributed by atoms with Crippen LogP contribution in [0.1, 0.15) is 0 Å². The van der Waals surface area contributed by atoms with Crippen LogP contribution in [0, 0.1) is 0 Å². The van der Waals surface area contributed by atoms with E-state index in [-0.39, 0.29) is 0 Å². The lowest BCUT2D eigenvalue weighted by molar-refractivity contribution is 0.314. The van der Waals surface area contributed by atoms with Crippen molar-refractivity contribution in [3.05, 3.63) is 12.2 Å². The summed E-state index contributed by atoms with van der Waals surface area (Å²) in [5.74, 6) is 0. The Hall–Kier alpha value is -0.573. The number of hydrogen-bond donors (Lipinski definition) is 0. The van der Waals surface area contributed by atoms with Gasteiger partial charge in [0.05, 0.1) is 0 Å². The summed E-state index contributed by atoms with van der Waals surface area (Å²) >= 11 is 0. The third-order valence-electron chi connectivity index (χ3n) is 1.14. The largest absolute Gasteiger partial charge is 0.453 e. The number of rotatable bonds is 5. The number of carbonyl (C=O) groups excluding carboxylic acids is 1. The molecule has 0 aliphatic rings. The maximum atomic E-state index is 9.59. The SMILES string of the molecule is C[Si](C)(C)C/C=C/CO[C]=O. The van der Waals surface area contributed by atoms with Crippen LogP contribution in [-0.4, -0.2) is 21.2 Å². The molecule has 1 radical (unpaired) electrons. The first-order chi connectivity index (χ1) is 5.06. The number of ether oxygens (including phenoxy) is 1. The van der Waals surface area contributed by atoms with Crippen LogP contribution in [0.2, 0.25) is 25.7 Å². The van der Waals surface area contributed by atoms with Gasteiger partial charge >= 0.3 is 6.47 Å². The third kappa shape index (κ3) is 9.43. The fourth-order valence-electron chi connectivity index (χ4n) is 0.587. The molecule has 0 saturated heterocycles. The van der Waals surface area contributed by atoms with Gasteiger partial charge < -0.3 is 4.74 Å². The summed E-state index contributed by atoms with van der Waals surface area (Å²) in [6, 6.07) is 1.13. The van der Waals surface area contributed by atoms with Gasteiger partial charge in [0, 0.05) is 8.07 Å². The summed E-state index contributed by atoms with van der Waals surface area (Å²) < 4.78 is 4.37. The predicted molar refractivity (Wildman–Crippen MR) is 48.9 cm³/mol. The van der Waals surface area contributed by atoms with Crippen LogP contribution in [0.4, 0.5) is 0 Å². The van der Waals surface area contributed by atoms with Crippen LogP contribution in [0.5, 0.6) is 0 Å². The highest BCUT2D eigenvalue weighted by Crippen LogP contribution is 2.07. The van der Waals surface area contributed by atoms with Gasteiger partial charge in [0.15, 0.2) is 0 Å². The van der Waals surface area contributed by atoms with Gasteiger partial charge in [-0.05, 0) is 6.04 Å². The van der Waals surface area contributed by atoms with E-state index in [1.54, 1.807) is 0 Å². The minimum Gasteiger partial charge on any atom is -0.453 e. The van der Waals surface area contributed by atoms with Crippen molar-refractivity contribution in [1.82, 2.24) is 0 Å². The van der Waals surface area contributed by atoms with Crippen molar-refractivity contribution in [1.29, 1.82) is 0 Å². The van der Waals surface area contributed by atoms with Gasteiger partial charge in [-0.25, -0.2) is 4.79 Å². The molecular weight excluding hydrogens is 156 g/mol. The molecule has 0 aromatic heterocycles. The summed E-state index contributed by atoms with van der Waals surface area (Å²) in [6.45, 7) is 8.62. The lowest BCUT2D eigenvalue weighted by Gasteiger charge is -2.11. The Bertz CT molecular complexity index is 136. The van der Waals surface area contributed by atoms with Gasteiger partial charge in [0.1, 0.15) is 6.61 Å². The van der Waals surface area contributed by atoms with Crippen molar-refractivity contribution in [2.24, 2.45) is 0 Å². The van der Waals surface area contributed by atoms with Gasteiger partial charge in [-0.15, -0.1) is 0 Å². The van der Waals surface area contributed by atoms with E-state index in [2.05, 4.69) is 30.5 Å². The van der Waals surface area contributed by atoms with Crippen molar-refractivity contribution in [3.63, 3.8) is 0 Å². The maximum Gasteiger partial charge on any atom is 0.417 e. The Balaban J connectivity index is 3.37. The normalized spacial score (nSPS) is 11.9. The minimum absolute atomic E-state index is 0.355. The molecule has 0 N–H and O–H groups in total. The summed E-state index contributed by atoms with van der Waals surface area (Å²) in [7, 11) is -0.958. The molecule has 3 heteroatoms. The van der Waals surface area contributed by atoms with Crippen molar-refractivity contribution in [2.75, 3.05) is 6.61 Å². The van der Waals surface area contributed by atoms with Crippen LogP contribution in [-0.2, 0) is 9.53 Å². The molecule has 0 fully saturated rings. The molecule has 2 nitrogen and oxygen atoms in total. The fraction of sp³-hybridized carbons (Fsp3) is 0.625. The Morgan fingerprint density at radius 1 is 1.36 bits per heavy atom. The first kappa shape index (κ1) is 10.4. The Labute approximate surface area is 69.3 Å². The molecule has 0 aliphatic heterocycles. The average Bonchev–Trinajstić information content (AvgIpc) is 1.85. The second-order valence-corrected chi connectivity index (χ2v) is 9.16. The Kier molecular flexibility index (Phi) is 4.86. The minimum atomic E-state index is -0.958. The van der Waals surface area contributed by atoms with Crippen molar-refractivity contribution >= 4 is 14.5 Å². The highest BCUT2D eigenvalue weighted by molar-refractivity contribution is 6.76. The number of allylic oxidation sites excluding steroid dienone is 1. The summed E-state index contributed by atoms with van der Waals surface area (Å²) in [5, 5.41) is 0. The molecule has 0 amide bonds. The molecule has 0 rings (SSSR count). The molecule has 63 valence electrons. The first-order valence-corrected chi connectivity index (χ1v) is 7.41. The Morgan fingerprint density at radius 2 is 2.00 bits per heavy atom. The van der Waals surface area contributed by atoms with E-state index >= 15 is 0 Å². The zero-order chi connectivity index (χ0) is 8.74. The third-order valence-corrected chi connectivity index (χ3v) is 2.60. The molecule has 11 heavy (non-hydrogen) atoms. The van der Waals surface area contributed by atoms with Gasteiger partial charge in [-0.1, -0.05) is 31.8 Å². The van der Waals surface area contributed by atoms with E-state index in [1.165, 1.54) is 6.47 Å². The van der Waals surface area contributed by atoms with Crippen LogP contribution < -0.4 is 0 Å². The molecule has 0 unspecified atom stereocenters. The monoisotopic (exact) mass is 171 g/mol. The van der Waals surface area contributed by atoms with Gasteiger partial charge in [0.25, 0.3) is 0 Å². The molecule has 0 aliphatic carbocycles. The quantitative estimate of drug-likeness (QED) is 0.359. The second kappa shape index (κ2) is 5.13. The second-order valence-electron chi connectivity index (χ2n) is 3.63. The zero-order valence-corrected chi connectivity index (χ0v) is 8.39. The standard InChI is InChI=1S/C8H15O2Si/c1-11(2,3)7-5-4-6-10-8-9/h4-5H,6-7H2,1-3H3/b5-4+. The van der Waals surface area contributed by atoms with E-state index in [1.807, 2.05) is 6.08 Å². The number of hydrogen-bond acceptors (Lipinski definition) is 2. The van der Waals surface area contributed by atoms with Crippen molar-refractivity contribution in [3.8, 4) is 0 Å². The van der Waals surface area contributed by atoms with Crippen LogP contribution >= 0.6 is 0 Å². The van der Waals surface area contributed by atoms with Crippen molar-refractivity contribution in [2.45, 2.75) is 25.7 Å². The van der Waals surface area contributed by atoms with Gasteiger partial charge in [0.2, 0.25) is 0 Å².